The molecule has 25 heavy (non-hydrogen) atoms. The summed E-state index contributed by atoms with van der Waals surface area (Å²) in [5.41, 5.74) is -0.289. The highest BCUT2D eigenvalue weighted by atomic mass is 16.5. The number of likely N-dealkylation sites (N-methyl/N-ethyl adjacent to an activating group) is 1. The number of nitrogens with zero attached hydrogens (tertiary/aromatic N) is 2. The van der Waals surface area contributed by atoms with Crippen molar-refractivity contribution in [3.05, 3.63) is 23.2 Å². The smallest absolute Gasteiger partial charge is 0.191 e. The second-order valence-electron chi connectivity index (χ2n) is 6.52. The molecule has 7 nitrogen and oxygen atoms in total. The van der Waals surface area contributed by atoms with E-state index in [4.69, 9.17) is 9.15 Å². The molecule has 0 saturated heterocycles. The molecule has 0 spiro atoms. The van der Waals surface area contributed by atoms with Gasteiger partial charge in [0.2, 0.25) is 0 Å². The lowest BCUT2D eigenvalue weighted by Gasteiger charge is -2.22. The zero-order valence-electron chi connectivity index (χ0n) is 16.5. The largest absolute Gasteiger partial charge is 0.466 e. The number of aliphatic imine (C=N–C) groups is 1. The SMILES string of the molecule is CCNC(=NCC(C)(O)c1cc(C)oc1C)NCCN(C)CCOC. The van der Waals surface area contributed by atoms with Crippen molar-refractivity contribution in [2.45, 2.75) is 33.3 Å². The van der Waals surface area contributed by atoms with Gasteiger partial charge < -0.3 is 29.8 Å². The fourth-order valence-corrected chi connectivity index (χ4v) is 2.55. The summed E-state index contributed by atoms with van der Waals surface area (Å²) in [6.45, 7) is 11.8. The number of aryl methyl sites for hydroxylation is 2. The molecule has 0 aliphatic heterocycles. The van der Waals surface area contributed by atoms with Gasteiger partial charge in [0.1, 0.15) is 17.1 Å². The Labute approximate surface area is 151 Å². The molecule has 0 amide bonds. The number of nitrogens with one attached hydrogen (secondary N) is 2. The number of rotatable bonds is 10. The minimum Gasteiger partial charge on any atom is -0.466 e. The Morgan fingerprint density at radius 1 is 1.36 bits per heavy atom. The van der Waals surface area contributed by atoms with Gasteiger partial charge in [-0.3, -0.25) is 0 Å². The van der Waals surface area contributed by atoms with Gasteiger partial charge in [-0.1, -0.05) is 0 Å². The topological polar surface area (TPSA) is 82.3 Å². The number of methoxy groups -OCH3 is 1. The van der Waals surface area contributed by atoms with Crippen molar-refractivity contribution in [1.29, 1.82) is 0 Å². The minimum absolute atomic E-state index is 0.252. The van der Waals surface area contributed by atoms with Gasteiger partial charge in [-0.05, 0) is 40.8 Å². The summed E-state index contributed by atoms with van der Waals surface area (Å²) in [7, 11) is 3.76. The number of hydrogen-bond acceptors (Lipinski definition) is 5. The van der Waals surface area contributed by atoms with Crippen LogP contribution in [-0.2, 0) is 10.3 Å². The standard InChI is InChI=1S/C18H34N4O3/c1-7-19-17(20-8-9-22(5)10-11-24-6)21-13-18(4,23)16-12-14(2)25-15(16)3/h12,23H,7-11,13H2,1-6H3,(H2,19,20,21). The van der Waals surface area contributed by atoms with E-state index in [0.29, 0.717) is 5.96 Å². The molecule has 1 rings (SSSR count). The van der Waals surface area contributed by atoms with Gasteiger partial charge in [0.15, 0.2) is 5.96 Å². The van der Waals surface area contributed by atoms with E-state index >= 15 is 0 Å². The maximum Gasteiger partial charge on any atom is 0.191 e. The molecular weight excluding hydrogens is 320 g/mol. The summed E-state index contributed by atoms with van der Waals surface area (Å²) in [6, 6.07) is 1.87. The highest BCUT2D eigenvalue weighted by molar-refractivity contribution is 5.79. The Morgan fingerprint density at radius 2 is 2.08 bits per heavy atom. The lowest BCUT2D eigenvalue weighted by atomic mass is 9.96. The molecule has 0 bridgehead atoms. The predicted molar refractivity (Wildman–Crippen MR) is 101 cm³/mol. The molecule has 1 aromatic heterocycles. The van der Waals surface area contributed by atoms with Gasteiger partial charge in [-0.25, -0.2) is 4.99 Å². The van der Waals surface area contributed by atoms with Crippen LogP contribution in [-0.4, -0.2) is 69.5 Å². The first kappa shape index (κ1) is 21.5. The van der Waals surface area contributed by atoms with Crippen molar-refractivity contribution in [1.82, 2.24) is 15.5 Å². The van der Waals surface area contributed by atoms with E-state index < -0.39 is 5.60 Å². The summed E-state index contributed by atoms with van der Waals surface area (Å²) < 4.78 is 10.6. The molecular formula is C18H34N4O3. The van der Waals surface area contributed by atoms with Crippen LogP contribution in [0, 0.1) is 13.8 Å². The molecule has 0 aromatic carbocycles. The van der Waals surface area contributed by atoms with Crippen LogP contribution in [0.5, 0.6) is 0 Å². The summed E-state index contributed by atoms with van der Waals surface area (Å²) in [5.74, 6) is 2.22. The molecule has 0 aliphatic carbocycles. The van der Waals surface area contributed by atoms with Crippen LogP contribution in [0.3, 0.4) is 0 Å². The molecule has 3 N–H and O–H groups in total. The predicted octanol–water partition coefficient (Wildman–Crippen LogP) is 1.24. The Kier molecular flexibility index (Phi) is 8.96. The average Bonchev–Trinajstić information content (AvgIpc) is 2.90. The number of furan rings is 1. The van der Waals surface area contributed by atoms with Gasteiger partial charge in [-0.15, -0.1) is 0 Å². The fourth-order valence-electron chi connectivity index (χ4n) is 2.55. The molecule has 0 radical (unpaired) electrons. The highest BCUT2D eigenvalue weighted by Crippen LogP contribution is 2.27. The zero-order chi connectivity index (χ0) is 18.9. The van der Waals surface area contributed by atoms with Crippen LogP contribution in [0.1, 0.15) is 30.9 Å². The average molecular weight is 354 g/mol. The second-order valence-corrected chi connectivity index (χ2v) is 6.52. The maximum absolute atomic E-state index is 10.8. The van der Waals surface area contributed by atoms with Crippen molar-refractivity contribution < 1.29 is 14.3 Å². The third kappa shape index (κ3) is 7.46. The maximum atomic E-state index is 10.8. The number of guanidine groups is 1. The molecule has 1 unspecified atom stereocenters. The van der Waals surface area contributed by atoms with E-state index in [2.05, 4.69) is 27.6 Å². The van der Waals surface area contributed by atoms with E-state index in [-0.39, 0.29) is 6.54 Å². The van der Waals surface area contributed by atoms with E-state index in [0.717, 1.165) is 49.9 Å². The fraction of sp³-hybridized carbons (Fsp3) is 0.722. The first-order valence-electron chi connectivity index (χ1n) is 8.79. The van der Waals surface area contributed by atoms with Gasteiger partial charge in [0, 0.05) is 38.9 Å². The van der Waals surface area contributed by atoms with Crippen LogP contribution in [0.15, 0.2) is 15.5 Å². The second kappa shape index (κ2) is 10.4. The molecule has 0 fully saturated rings. The normalized spacial score (nSPS) is 14.6. The zero-order valence-corrected chi connectivity index (χ0v) is 16.5. The lowest BCUT2D eigenvalue weighted by Crippen LogP contribution is -2.42. The Bertz CT molecular complexity index is 540. The first-order chi connectivity index (χ1) is 11.8. The van der Waals surface area contributed by atoms with Gasteiger partial charge in [0.25, 0.3) is 0 Å². The van der Waals surface area contributed by atoms with Crippen LogP contribution >= 0.6 is 0 Å². The van der Waals surface area contributed by atoms with E-state index in [9.17, 15) is 5.11 Å². The molecule has 0 saturated carbocycles. The number of hydrogen-bond donors (Lipinski definition) is 3. The summed E-state index contributed by atoms with van der Waals surface area (Å²) in [6.07, 6.45) is 0. The van der Waals surface area contributed by atoms with Crippen LogP contribution in [0.25, 0.3) is 0 Å². The molecule has 0 aliphatic rings. The Balaban J connectivity index is 2.60. The molecule has 144 valence electrons. The van der Waals surface area contributed by atoms with Crippen LogP contribution in [0.2, 0.25) is 0 Å². The third-order valence-corrected chi connectivity index (χ3v) is 3.97. The molecule has 7 heteroatoms. The van der Waals surface area contributed by atoms with Crippen molar-refractivity contribution in [2.24, 2.45) is 4.99 Å². The van der Waals surface area contributed by atoms with Crippen molar-refractivity contribution in [2.75, 3.05) is 53.5 Å². The third-order valence-electron chi connectivity index (χ3n) is 3.97. The van der Waals surface area contributed by atoms with Gasteiger partial charge in [-0.2, -0.15) is 0 Å². The molecule has 1 heterocycles. The van der Waals surface area contributed by atoms with Crippen LogP contribution in [0.4, 0.5) is 0 Å². The van der Waals surface area contributed by atoms with Crippen molar-refractivity contribution in [3.63, 3.8) is 0 Å². The molecule has 1 atom stereocenters. The minimum atomic E-state index is -1.07. The summed E-state index contributed by atoms with van der Waals surface area (Å²) >= 11 is 0. The quantitative estimate of drug-likeness (QED) is 0.433. The Hall–Kier alpha value is -1.57. The highest BCUT2D eigenvalue weighted by Gasteiger charge is 2.27. The lowest BCUT2D eigenvalue weighted by molar-refractivity contribution is 0.0657. The van der Waals surface area contributed by atoms with E-state index in [1.807, 2.05) is 26.8 Å². The van der Waals surface area contributed by atoms with Gasteiger partial charge >= 0.3 is 0 Å². The van der Waals surface area contributed by atoms with Crippen molar-refractivity contribution >= 4 is 5.96 Å². The Morgan fingerprint density at radius 3 is 2.64 bits per heavy atom. The summed E-state index contributed by atoms with van der Waals surface area (Å²) in [4.78, 5) is 6.72. The monoisotopic (exact) mass is 354 g/mol. The number of aliphatic hydroxyl groups is 1. The van der Waals surface area contributed by atoms with Crippen molar-refractivity contribution in [3.8, 4) is 0 Å². The van der Waals surface area contributed by atoms with Gasteiger partial charge in [0.05, 0.1) is 13.2 Å². The van der Waals surface area contributed by atoms with Crippen LogP contribution < -0.4 is 10.6 Å². The summed E-state index contributed by atoms with van der Waals surface area (Å²) in [5, 5.41) is 17.3. The van der Waals surface area contributed by atoms with E-state index in [1.165, 1.54) is 0 Å². The number of ether oxygens (including phenoxy) is 1. The first-order valence-corrected chi connectivity index (χ1v) is 8.79. The molecule has 1 aromatic rings. The van der Waals surface area contributed by atoms with E-state index in [1.54, 1.807) is 14.0 Å².